The van der Waals surface area contributed by atoms with Gasteiger partial charge in [-0.15, -0.1) is 0 Å². The van der Waals surface area contributed by atoms with Gasteiger partial charge in [-0.2, -0.15) is 11.8 Å². The third-order valence-corrected chi connectivity index (χ3v) is 4.44. The molecule has 0 radical (unpaired) electrons. The molecule has 19 heavy (non-hydrogen) atoms. The van der Waals surface area contributed by atoms with Crippen molar-refractivity contribution in [3.05, 3.63) is 0 Å². The van der Waals surface area contributed by atoms with Crippen molar-refractivity contribution in [1.82, 2.24) is 4.90 Å². The van der Waals surface area contributed by atoms with Gasteiger partial charge >= 0.3 is 5.97 Å². The summed E-state index contributed by atoms with van der Waals surface area (Å²) in [6.45, 7) is 2.79. The summed E-state index contributed by atoms with van der Waals surface area (Å²) >= 11 is 1.66. The van der Waals surface area contributed by atoms with Gasteiger partial charge < -0.3 is 15.7 Å². The first-order valence-electron chi connectivity index (χ1n) is 6.73. The molecule has 1 aliphatic heterocycles. The first-order chi connectivity index (χ1) is 8.96. The van der Waals surface area contributed by atoms with Crippen molar-refractivity contribution in [2.24, 2.45) is 11.1 Å². The first kappa shape index (κ1) is 16.3. The van der Waals surface area contributed by atoms with Crippen molar-refractivity contribution in [3.8, 4) is 0 Å². The lowest BCUT2D eigenvalue weighted by molar-refractivity contribution is -0.149. The lowest BCUT2D eigenvalue weighted by Crippen LogP contribution is -2.44. The van der Waals surface area contributed by atoms with Crippen LogP contribution in [0.5, 0.6) is 0 Å². The van der Waals surface area contributed by atoms with Crippen molar-refractivity contribution in [3.63, 3.8) is 0 Å². The number of nitrogens with zero attached hydrogens (tertiary/aromatic N) is 1. The van der Waals surface area contributed by atoms with E-state index < -0.39 is 17.4 Å². The number of hydrogen-bond acceptors (Lipinski definition) is 4. The Labute approximate surface area is 118 Å². The standard InChI is InChI=1S/C13H24N2O3S/c1-3-5-13(12(17)18)6-7-15(9-13)11(16)10(14)4-8-19-2/h10H,3-9,14H2,1-2H3,(H,17,18)/t10-,13?/m0/s1. The van der Waals surface area contributed by atoms with Crippen molar-refractivity contribution >= 4 is 23.6 Å². The summed E-state index contributed by atoms with van der Waals surface area (Å²) in [6.07, 6.45) is 4.59. The second-order valence-electron chi connectivity index (χ2n) is 5.23. The molecule has 1 heterocycles. The number of hydrogen-bond donors (Lipinski definition) is 2. The van der Waals surface area contributed by atoms with Gasteiger partial charge in [0.15, 0.2) is 0 Å². The van der Waals surface area contributed by atoms with E-state index in [1.807, 2.05) is 13.2 Å². The van der Waals surface area contributed by atoms with Crippen LogP contribution in [0.3, 0.4) is 0 Å². The fraction of sp³-hybridized carbons (Fsp3) is 0.846. The van der Waals surface area contributed by atoms with Crippen LogP contribution in [-0.4, -0.2) is 53.0 Å². The molecule has 0 saturated carbocycles. The Balaban J connectivity index is 2.63. The number of carbonyl (C=O) groups is 2. The van der Waals surface area contributed by atoms with Crippen LogP contribution in [-0.2, 0) is 9.59 Å². The molecule has 6 heteroatoms. The van der Waals surface area contributed by atoms with E-state index in [0.29, 0.717) is 32.4 Å². The average Bonchev–Trinajstić information content (AvgIpc) is 2.81. The third-order valence-electron chi connectivity index (χ3n) is 3.80. The Hall–Kier alpha value is -0.750. The highest BCUT2D eigenvalue weighted by Gasteiger charge is 2.45. The van der Waals surface area contributed by atoms with E-state index in [0.717, 1.165) is 12.2 Å². The topological polar surface area (TPSA) is 83.6 Å². The molecule has 0 aromatic rings. The molecule has 1 saturated heterocycles. The Kier molecular flexibility index (Phi) is 6.13. The summed E-state index contributed by atoms with van der Waals surface area (Å²) in [7, 11) is 0. The van der Waals surface area contributed by atoms with Crippen LogP contribution in [0.1, 0.15) is 32.6 Å². The molecule has 0 bridgehead atoms. The summed E-state index contributed by atoms with van der Waals surface area (Å²) in [5.74, 6) is -0.0459. The predicted octanol–water partition coefficient (Wildman–Crippen LogP) is 1.17. The molecule has 0 spiro atoms. The Morgan fingerprint density at radius 3 is 2.74 bits per heavy atom. The van der Waals surface area contributed by atoms with Crippen molar-refractivity contribution in [2.45, 2.75) is 38.6 Å². The molecular weight excluding hydrogens is 264 g/mol. The quantitative estimate of drug-likeness (QED) is 0.734. The highest BCUT2D eigenvalue weighted by atomic mass is 32.2. The van der Waals surface area contributed by atoms with Crippen LogP contribution >= 0.6 is 11.8 Å². The van der Waals surface area contributed by atoms with E-state index in [4.69, 9.17) is 5.73 Å². The van der Waals surface area contributed by atoms with Gasteiger partial charge in [0.25, 0.3) is 0 Å². The molecule has 1 unspecified atom stereocenters. The normalized spacial score (nSPS) is 24.5. The van der Waals surface area contributed by atoms with Gasteiger partial charge in [-0.25, -0.2) is 0 Å². The van der Waals surface area contributed by atoms with Gasteiger partial charge in [0, 0.05) is 13.1 Å². The molecule has 1 amide bonds. The molecule has 1 fully saturated rings. The molecule has 1 rings (SSSR count). The van der Waals surface area contributed by atoms with Crippen LogP contribution in [0.15, 0.2) is 0 Å². The maximum atomic E-state index is 12.2. The summed E-state index contributed by atoms with van der Waals surface area (Å²) in [5.41, 5.74) is 5.11. The van der Waals surface area contributed by atoms with Gasteiger partial charge in [-0.1, -0.05) is 13.3 Å². The van der Waals surface area contributed by atoms with E-state index in [1.54, 1.807) is 16.7 Å². The zero-order chi connectivity index (χ0) is 14.5. The van der Waals surface area contributed by atoms with Gasteiger partial charge in [0.2, 0.25) is 5.91 Å². The van der Waals surface area contributed by atoms with E-state index >= 15 is 0 Å². The highest BCUT2D eigenvalue weighted by Crippen LogP contribution is 2.35. The lowest BCUT2D eigenvalue weighted by atomic mass is 9.83. The van der Waals surface area contributed by atoms with E-state index in [2.05, 4.69) is 0 Å². The monoisotopic (exact) mass is 288 g/mol. The van der Waals surface area contributed by atoms with E-state index in [1.165, 1.54) is 0 Å². The molecule has 5 nitrogen and oxygen atoms in total. The number of nitrogens with two attached hydrogens (primary N) is 1. The fourth-order valence-electron chi connectivity index (χ4n) is 2.63. The van der Waals surface area contributed by atoms with E-state index in [-0.39, 0.29) is 5.91 Å². The SMILES string of the molecule is CCCC1(C(=O)O)CCN(C(=O)[C@@H](N)CCSC)C1. The number of thioether (sulfide) groups is 1. The maximum Gasteiger partial charge on any atom is 0.311 e. The lowest BCUT2D eigenvalue weighted by Gasteiger charge is -2.25. The minimum atomic E-state index is -0.790. The van der Waals surface area contributed by atoms with Crippen molar-refractivity contribution < 1.29 is 14.7 Å². The predicted molar refractivity (Wildman–Crippen MR) is 77.1 cm³/mol. The van der Waals surface area contributed by atoms with Gasteiger partial charge in [-0.3, -0.25) is 9.59 Å². The zero-order valence-electron chi connectivity index (χ0n) is 11.7. The smallest absolute Gasteiger partial charge is 0.311 e. The Bertz CT molecular complexity index is 338. The average molecular weight is 288 g/mol. The van der Waals surface area contributed by atoms with Gasteiger partial charge in [0.05, 0.1) is 11.5 Å². The summed E-state index contributed by atoms with van der Waals surface area (Å²) in [5, 5.41) is 9.40. The van der Waals surface area contributed by atoms with Crippen molar-refractivity contribution in [2.75, 3.05) is 25.1 Å². The number of carbonyl (C=O) groups excluding carboxylic acids is 1. The molecule has 3 N–H and O–H groups in total. The van der Waals surface area contributed by atoms with Crippen LogP contribution in [0.4, 0.5) is 0 Å². The molecule has 2 atom stereocenters. The molecule has 0 aromatic carbocycles. The number of carboxylic acids is 1. The fourth-order valence-corrected chi connectivity index (χ4v) is 3.12. The largest absolute Gasteiger partial charge is 0.481 e. The number of amides is 1. The number of rotatable bonds is 7. The van der Waals surface area contributed by atoms with Crippen LogP contribution in [0.2, 0.25) is 0 Å². The number of carboxylic acid groups (broad SMARTS) is 1. The van der Waals surface area contributed by atoms with Crippen LogP contribution in [0.25, 0.3) is 0 Å². The Morgan fingerprint density at radius 2 is 2.21 bits per heavy atom. The maximum absolute atomic E-state index is 12.2. The number of likely N-dealkylation sites (tertiary alicyclic amines) is 1. The third kappa shape index (κ3) is 3.86. The Morgan fingerprint density at radius 1 is 1.53 bits per heavy atom. The summed E-state index contributed by atoms with van der Waals surface area (Å²) in [4.78, 5) is 25.2. The molecule has 110 valence electrons. The second kappa shape index (κ2) is 7.14. The van der Waals surface area contributed by atoms with E-state index in [9.17, 15) is 14.7 Å². The second-order valence-corrected chi connectivity index (χ2v) is 6.22. The molecular formula is C13H24N2O3S. The van der Waals surface area contributed by atoms with Crippen LogP contribution in [0, 0.1) is 5.41 Å². The zero-order valence-corrected chi connectivity index (χ0v) is 12.5. The molecule has 0 aliphatic carbocycles. The minimum absolute atomic E-state index is 0.103. The van der Waals surface area contributed by atoms with Crippen molar-refractivity contribution in [1.29, 1.82) is 0 Å². The van der Waals surface area contributed by atoms with Gasteiger partial charge in [0.1, 0.15) is 0 Å². The first-order valence-corrected chi connectivity index (χ1v) is 8.13. The molecule has 0 aromatic heterocycles. The summed E-state index contributed by atoms with van der Waals surface area (Å²) in [6, 6.07) is -0.501. The minimum Gasteiger partial charge on any atom is -0.481 e. The highest BCUT2D eigenvalue weighted by molar-refractivity contribution is 7.98. The summed E-state index contributed by atoms with van der Waals surface area (Å²) < 4.78 is 0. The van der Waals surface area contributed by atoms with Crippen LogP contribution < -0.4 is 5.73 Å². The van der Waals surface area contributed by atoms with Gasteiger partial charge in [-0.05, 0) is 31.3 Å². The molecule has 1 aliphatic rings. The number of aliphatic carboxylic acids is 1.